The summed E-state index contributed by atoms with van der Waals surface area (Å²) in [5.74, 6) is 0.719. The molecule has 0 radical (unpaired) electrons. The van der Waals surface area contributed by atoms with Crippen molar-refractivity contribution in [2.45, 2.75) is 10.9 Å². The van der Waals surface area contributed by atoms with Crippen molar-refractivity contribution in [2.24, 2.45) is 5.73 Å². The average Bonchev–Trinajstić information content (AvgIpc) is 3.01. The number of H-pyrrole nitrogens is 1. The van der Waals surface area contributed by atoms with E-state index in [1.807, 2.05) is 36.4 Å². The summed E-state index contributed by atoms with van der Waals surface area (Å²) in [5.41, 5.74) is 9.45. The third-order valence-corrected chi connectivity index (χ3v) is 4.65. The molecule has 0 unspecified atom stereocenters. The van der Waals surface area contributed by atoms with Gasteiger partial charge < -0.3 is 16.0 Å². The van der Waals surface area contributed by atoms with Crippen LogP contribution in [-0.2, 0) is 5.75 Å². The number of anilines is 1. The molecule has 124 valence electrons. The van der Waals surface area contributed by atoms with E-state index < -0.39 is 6.03 Å². The predicted octanol–water partition coefficient (Wildman–Crippen LogP) is 3.89. The van der Waals surface area contributed by atoms with Crippen LogP contribution in [0.2, 0.25) is 0 Å². The van der Waals surface area contributed by atoms with Crippen LogP contribution in [0.15, 0.2) is 59.8 Å². The molecule has 0 aliphatic carbocycles. The number of primary amides is 1. The normalized spacial score (nSPS) is 11.0. The monoisotopic (exact) mass is 349 g/mol. The quantitative estimate of drug-likeness (QED) is 0.487. The van der Waals surface area contributed by atoms with Gasteiger partial charge in [-0.25, -0.2) is 9.78 Å². The first-order valence-electron chi connectivity index (χ1n) is 7.71. The molecule has 0 aliphatic rings. The minimum absolute atomic E-state index is 0.587. The Hall–Kier alpha value is -3.06. The summed E-state index contributed by atoms with van der Waals surface area (Å²) in [6, 6.07) is 17.0. The second-order valence-electron chi connectivity index (χ2n) is 5.55. The summed E-state index contributed by atoms with van der Waals surface area (Å²) >= 11 is 1.59. The number of para-hydroxylation sites is 1. The molecule has 0 aliphatic heterocycles. The molecule has 25 heavy (non-hydrogen) atoms. The van der Waals surface area contributed by atoms with Gasteiger partial charge >= 0.3 is 6.03 Å². The third kappa shape index (κ3) is 3.41. The fourth-order valence-electron chi connectivity index (χ4n) is 2.61. The molecular formula is C18H15N5OS. The van der Waals surface area contributed by atoms with Gasteiger partial charge in [0, 0.05) is 16.8 Å². The second kappa shape index (κ2) is 6.45. The number of aromatic amines is 1. The fourth-order valence-corrected chi connectivity index (χ4v) is 3.40. The lowest BCUT2D eigenvalue weighted by molar-refractivity contribution is 0.259. The number of hydrogen-bond donors (Lipinski definition) is 3. The van der Waals surface area contributed by atoms with Crippen molar-refractivity contribution >= 4 is 45.4 Å². The van der Waals surface area contributed by atoms with Crippen LogP contribution < -0.4 is 11.1 Å². The van der Waals surface area contributed by atoms with Gasteiger partial charge in [0.05, 0.1) is 22.2 Å². The number of amides is 2. The number of carbonyl (C=O) groups excluding carboxylic acids is 1. The number of fused-ring (bicyclic) bond motifs is 2. The molecule has 4 N–H and O–H groups in total. The van der Waals surface area contributed by atoms with Crippen LogP contribution >= 0.6 is 11.8 Å². The first-order valence-corrected chi connectivity index (χ1v) is 8.70. The standard InChI is InChI=1S/C18H15N5OS/c19-17(24)21-12-7-8-15-16(9-12)23-18(22-15)25-10-13-6-5-11-3-1-2-4-14(11)20-13/h1-9H,10H2,(H,22,23)(H3,19,21,24). The molecule has 6 nitrogen and oxygen atoms in total. The molecule has 0 atom stereocenters. The largest absolute Gasteiger partial charge is 0.351 e. The number of aromatic nitrogens is 3. The van der Waals surface area contributed by atoms with Crippen LogP contribution in [0.25, 0.3) is 21.9 Å². The van der Waals surface area contributed by atoms with Gasteiger partial charge in [0.25, 0.3) is 0 Å². The van der Waals surface area contributed by atoms with Gasteiger partial charge in [-0.3, -0.25) is 4.98 Å². The van der Waals surface area contributed by atoms with Crippen LogP contribution in [0, 0.1) is 0 Å². The Bertz CT molecular complexity index is 1080. The minimum Gasteiger partial charge on any atom is -0.351 e. The summed E-state index contributed by atoms with van der Waals surface area (Å²) in [6.07, 6.45) is 0. The molecule has 4 aromatic rings. The Morgan fingerprint density at radius 3 is 2.84 bits per heavy atom. The zero-order chi connectivity index (χ0) is 17.2. The molecule has 0 saturated heterocycles. The Balaban J connectivity index is 1.52. The molecule has 2 heterocycles. The Morgan fingerprint density at radius 2 is 1.96 bits per heavy atom. The number of pyridine rings is 1. The fraction of sp³-hybridized carbons (Fsp3) is 0.0556. The summed E-state index contributed by atoms with van der Waals surface area (Å²) in [4.78, 5) is 23.4. The van der Waals surface area contributed by atoms with Crippen LogP contribution in [0.1, 0.15) is 5.69 Å². The van der Waals surface area contributed by atoms with Gasteiger partial charge in [0.2, 0.25) is 0 Å². The van der Waals surface area contributed by atoms with E-state index >= 15 is 0 Å². The molecule has 0 saturated carbocycles. The molecular weight excluding hydrogens is 334 g/mol. The number of imidazole rings is 1. The van der Waals surface area contributed by atoms with Crippen molar-refractivity contribution < 1.29 is 4.79 Å². The number of nitrogens with two attached hydrogens (primary N) is 1. The van der Waals surface area contributed by atoms with Crippen molar-refractivity contribution in [1.82, 2.24) is 15.0 Å². The predicted molar refractivity (Wildman–Crippen MR) is 101 cm³/mol. The maximum Gasteiger partial charge on any atom is 0.316 e. The Labute approximate surface area is 147 Å². The van der Waals surface area contributed by atoms with E-state index in [0.717, 1.165) is 38.5 Å². The van der Waals surface area contributed by atoms with E-state index in [2.05, 4.69) is 32.4 Å². The summed E-state index contributed by atoms with van der Waals surface area (Å²) in [7, 11) is 0. The summed E-state index contributed by atoms with van der Waals surface area (Å²) in [6.45, 7) is 0. The van der Waals surface area contributed by atoms with Crippen molar-refractivity contribution in [2.75, 3.05) is 5.32 Å². The van der Waals surface area contributed by atoms with Gasteiger partial charge in [0.15, 0.2) is 5.16 Å². The van der Waals surface area contributed by atoms with Crippen LogP contribution in [0.4, 0.5) is 10.5 Å². The summed E-state index contributed by atoms with van der Waals surface area (Å²) < 4.78 is 0. The lowest BCUT2D eigenvalue weighted by Crippen LogP contribution is -2.19. The van der Waals surface area contributed by atoms with E-state index in [1.54, 1.807) is 17.8 Å². The lowest BCUT2D eigenvalue weighted by Gasteiger charge is -2.01. The zero-order valence-corrected chi connectivity index (χ0v) is 14.0. The number of rotatable bonds is 4. The van der Waals surface area contributed by atoms with Gasteiger partial charge in [-0.05, 0) is 30.3 Å². The first kappa shape index (κ1) is 15.5. The van der Waals surface area contributed by atoms with E-state index in [1.165, 1.54) is 0 Å². The highest BCUT2D eigenvalue weighted by Crippen LogP contribution is 2.25. The number of nitrogens with zero attached hydrogens (tertiary/aromatic N) is 2. The number of urea groups is 1. The lowest BCUT2D eigenvalue weighted by atomic mass is 10.2. The molecule has 4 rings (SSSR count). The van der Waals surface area contributed by atoms with Crippen LogP contribution in [-0.4, -0.2) is 21.0 Å². The smallest absolute Gasteiger partial charge is 0.316 e. The number of thioether (sulfide) groups is 1. The van der Waals surface area contributed by atoms with Crippen LogP contribution in [0.5, 0.6) is 0 Å². The number of carbonyl (C=O) groups is 1. The highest BCUT2D eigenvalue weighted by Gasteiger charge is 2.06. The molecule has 2 aromatic heterocycles. The minimum atomic E-state index is -0.587. The first-order chi connectivity index (χ1) is 12.2. The summed E-state index contributed by atoms with van der Waals surface area (Å²) in [5, 5.41) is 4.50. The van der Waals surface area contributed by atoms with E-state index in [9.17, 15) is 4.79 Å². The third-order valence-electron chi connectivity index (χ3n) is 3.74. The average molecular weight is 349 g/mol. The molecule has 7 heteroatoms. The van der Waals surface area contributed by atoms with Crippen molar-refractivity contribution in [1.29, 1.82) is 0 Å². The topological polar surface area (TPSA) is 96.7 Å². The van der Waals surface area contributed by atoms with E-state index in [4.69, 9.17) is 5.73 Å². The van der Waals surface area contributed by atoms with Gasteiger partial charge in [-0.15, -0.1) is 0 Å². The second-order valence-corrected chi connectivity index (χ2v) is 6.51. The zero-order valence-electron chi connectivity index (χ0n) is 13.2. The molecule has 0 fully saturated rings. The van der Waals surface area contributed by atoms with Crippen molar-refractivity contribution in [3.05, 3.63) is 60.3 Å². The Morgan fingerprint density at radius 1 is 1.08 bits per heavy atom. The molecule has 0 bridgehead atoms. The number of benzene rings is 2. The maximum absolute atomic E-state index is 10.9. The van der Waals surface area contributed by atoms with Gasteiger partial charge in [-0.1, -0.05) is 36.0 Å². The molecule has 0 spiro atoms. The van der Waals surface area contributed by atoms with E-state index in [0.29, 0.717) is 5.69 Å². The van der Waals surface area contributed by atoms with Gasteiger partial charge in [-0.2, -0.15) is 0 Å². The van der Waals surface area contributed by atoms with E-state index in [-0.39, 0.29) is 0 Å². The number of hydrogen-bond acceptors (Lipinski definition) is 4. The van der Waals surface area contributed by atoms with Gasteiger partial charge in [0.1, 0.15) is 0 Å². The maximum atomic E-state index is 10.9. The number of nitrogens with one attached hydrogen (secondary N) is 2. The Kier molecular flexibility index (Phi) is 3.99. The van der Waals surface area contributed by atoms with Crippen LogP contribution in [0.3, 0.4) is 0 Å². The molecule has 2 aromatic carbocycles. The SMILES string of the molecule is NC(=O)Nc1ccc2nc(SCc3ccc4ccccc4n3)[nH]c2c1. The van der Waals surface area contributed by atoms with Crippen molar-refractivity contribution in [3.63, 3.8) is 0 Å². The highest BCUT2D eigenvalue weighted by atomic mass is 32.2. The van der Waals surface area contributed by atoms with Crippen molar-refractivity contribution in [3.8, 4) is 0 Å². The molecule has 2 amide bonds. The highest BCUT2D eigenvalue weighted by molar-refractivity contribution is 7.98.